The maximum Gasteiger partial charge on any atom is 0.266 e. The second-order valence-electron chi connectivity index (χ2n) is 4.81. The second-order valence-corrected chi connectivity index (χ2v) is 7.81. The van der Waals surface area contributed by atoms with Gasteiger partial charge in [-0.3, -0.25) is 9.10 Å². The third kappa shape index (κ3) is 3.67. The van der Waals surface area contributed by atoms with Gasteiger partial charge in [-0.15, -0.1) is 0 Å². The van der Waals surface area contributed by atoms with Crippen LogP contribution in [0.3, 0.4) is 0 Å². The summed E-state index contributed by atoms with van der Waals surface area (Å²) >= 11 is 17.3. The van der Waals surface area contributed by atoms with Crippen LogP contribution < -0.4 is 4.31 Å². The van der Waals surface area contributed by atoms with Crippen molar-refractivity contribution in [2.75, 3.05) is 4.31 Å². The van der Waals surface area contributed by atoms with Crippen molar-refractivity contribution in [2.24, 2.45) is 0 Å². The smallest absolute Gasteiger partial charge is 0.266 e. The number of carbonyl (C=O) groups excluding carboxylic acids is 1. The van der Waals surface area contributed by atoms with Crippen molar-refractivity contribution in [3.05, 3.63) is 58.3 Å². The summed E-state index contributed by atoms with van der Waals surface area (Å²) in [4.78, 5) is 11.2. The first-order valence-corrected chi connectivity index (χ1v) is 9.17. The average Bonchev–Trinajstić information content (AvgIpc) is 2.51. The van der Waals surface area contributed by atoms with Gasteiger partial charge in [-0.05, 0) is 48.9 Å². The molecule has 9 heteroatoms. The van der Waals surface area contributed by atoms with E-state index in [0.717, 1.165) is 12.1 Å². The molecule has 0 aliphatic rings. The lowest BCUT2D eigenvalue weighted by Gasteiger charge is -2.29. The molecule has 0 saturated heterocycles. The summed E-state index contributed by atoms with van der Waals surface area (Å²) in [6, 6.07) is 7.59. The Morgan fingerprint density at radius 3 is 2.38 bits per heavy atom. The molecule has 2 rings (SSSR count). The van der Waals surface area contributed by atoms with Gasteiger partial charge in [0.25, 0.3) is 10.0 Å². The third-order valence-electron chi connectivity index (χ3n) is 3.20. The first-order chi connectivity index (χ1) is 11.2. The zero-order valence-corrected chi connectivity index (χ0v) is 15.3. The molecule has 0 aliphatic heterocycles. The normalized spacial score (nSPS) is 12.7. The Balaban J connectivity index is 2.73. The molecule has 0 spiro atoms. The largest absolute Gasteiger partial charge is 0.279 e. The number of para-hydroxylation sites is 1. The second kappa shape index (κ2) is 7.27. The van der Waals surface area contributed by atoms with E-state index < -0.39 is 27.1 Å². The fourth-order valence-corrected chi connectivity index (χ4v) is 4.57. The number of sulfonamides is 1. The molecule has 128 valence electrons. The molecule has 0 radical (unpaired) electrons. The van der Waals surface area contributed by atoms with Crippen molar-refractivity contribution in [3.63, 3.8) is 0 Å². The molecule has 0 bridgehead atoms. The van der Waals surface area contributed by atoms with Crippen LogP contribution in [0.1, 0.15) is 6.92 Å². The molecular weight excluding hydrogens is 400 g/mol. The molecule has 2 aromatic rings. The van der Waals surface area contributed by atoms with E-state index in [4.69, 9.17) is 34.8 Å². The number of benzene rings is 2. The molecule has 0 N–H and O–H groups in total. The van der Waals surface area contributed by atoms with Crippen molar-refractivity contribution in [1.82, 2.24) is 0 Å². The van der Waals surface area contributed by atoms with Crippen LogP contribution in [-0.4, -0.2) is 19.7 Å². The predicted octanol–water partition coefficient (Wildman–Crippen LogP) is 4.48. The topological polar surface area (TPSA) is 54.5 Å². The fraction of sp³-hybridized carbons (Fsp3) is 0.133. The van der Waals surface area contributed by atoms with E-state index in [2.05, 4.69) is 0 Å². The van der Waals surface area contributed by atoms with E-state index in [-0.39, 0.29) is 20.6 Å². The lowest BCUT2D eigenvalue weighted by molar-refractivity contribution is -0.112. The van der Waals surface area contributed by atoms with Crippen LogP contribution in [0.15, 0.2) is 47.4 Å². The van der Waals surface area contributed by atoms with Crippen LogP contribution >= 0.6 is 34.8 Å². The molecule has 2 aromatic carbocycles. The zero-order valence-electron chi connectivity index (χ0n) is 12.2. The molecule has 0 aromatic heterocycles. The summed E-state index contributed by atoms with van der Waals surface area (Å²) in [6.45, 7) is 1.25. The van der Waals surface area contributed by atoms with E-state index in [1.165, 1.54) is 37.3 Å². The van der Waals surface area contributed by atoms with Crippen LogP contribution in [0.2, 0.25) is 10.0 Å². The number of hydrogen-bond acceptors (Lipinski definition) is 3. The number of hydrogen-bond donors (Lipinski definition) is 0. The summed E-state index contributed by atoms with van der Waals surface area (Å²) in [6.07, 6.45) is 0. The summed E-state index contributed by atoms with van der Waals surface area (Å²) in [5.74, 6) is -0.830. The highest BCUT2D eigenvalue weighted by molar-refractivity contribution is 7.93. The number of anilines is 1. The van der Waals surface area contributed by atoms with Crippen molar-refractivity contribution < 1.29 is 17.6 Å². The van der Waals surface area contributed by atoms with E-state index in [1.807, 2.05) is 0 Å². The molecule has 0 amide bonds. The van der Waals surface area contributed by atoms with Gasteiger partial charge in [0, 0.05) is 5.02 Å². The Hall–Kier alpha value is -1.34. The minimum atomic E-state index is -4.40. The Morgan fingerprint density at radius 1 is 1.17 bits per heavy atom. The van der Waals surface area contributed by atoms with Gasteiger partial charge in [-0.2, -0.15) is 0 Å². The van der Waals surface area contributed by atoms with E-state index in [0.29, 0.717) is 4.31 Å². The number of nitrogens with zero attached hydrogens (tertiary/aromatic N) is 1. The molecule has 1 atom stereocenters. The highest BCUT2D eigenvalue weighted by Crippen LogP contribution is 2.33. The van der Waals surface area contributed by atoms with Crippen LogP contribution in [0.5, 0.6) is 0 Å². The van der Waals surface area contributed by atoms with Gasteiger partial charge < -0.3 is 0 Å². The quantitative estimate of drug-likeness (QED) is 0.683. The van der Waals surface area contributed by atoms with E-state index >= 15 is 0 Å². The highest BCUT2D eigenvalue weighted by Gasteiger charge is 2.35. The van der Waals surface area contributed by atoms with Crippen molar-refractivity contribution >= 4 is 55.8 Å². The Labute approximate surface area is 153 Å². The highest BCUT2D eigenvalue weighted by atomic mass is 35.5. The molecule has 24 heavy (non-hydrogen) atoms. The molecule has 0 heterocycles. The van der Waals surface area contributed by atoms with Crippen molar-refractivity contribution in [1.29, 1.82) is 0 Å². The van der Waals surface area contributed by atoms with Crippen molar-refractivity contribution in [2.45, 2.75) is 17.9 Å². The summed E-state index contributed by atoms with van der Waals surface area (Å²) < 4.78 is 40.8. The van der Waals surface area contributed by atoms with E-state index in [9.17, 15) is 17.6 Å². The average molecular weight is 411 g/mol. The van der Waals surface area contributed by atoms with Gasteiger partial charge in [0.2, 0.25) is 5.24 Å². The Bertz CT molecular complexity index is 889. The first-order valence-electron chi connectivity index (χ1n) is 6.59. The van der Waals surface area contributed by atoms with Crippen LogP contribution in [0, 0.1) is 5.82 Å². The molecule has 1 unspecified atom stereocenters. The molecule has 4 nitrogen and oxygen atoms in total. The van der Waals surface area contributed by atoms with Crippen molar-refractivity contribution in [3.8, 4) is 0 Å². The summed E-state index contributed by atoms with van der Waals surface area (Å²) in [5, 5.41) is -0.966. The van der Waals surface area contributed by atoms with Gasteiger partial charge in [-0.25, -0.2) is 12.8 Å². The predicted molar refractivity (Wildman–Crippen MR) is 92.8 cm³/mol. The number of rotatable bonds is 5. The van der Waals surface area contributed by atoms with Crippen LogP contribution in [0.4, 0.5) is 10.1 Å². The third-order valence-corrected chi connectivity index (χ3v) is 6.12. The zero-order chi connectivity index (χ0) is 18.1. The lowest BCUT2D eigenvalue weighted by Crippen LogP contribution is -2.42. The molecule has 0 aliphatic carbocycles. The molecule has 0 fully saturated rings. The van der Waals surface area contributed by atoms with Gasteiger partial charge >= 0.3 is 0 Å². The number of carbonyl (C=O) groups is 1. The van der Waals surface area contributed by atoms with E-state index in [1.54, 1.807) is 0 Å². The minimum Gasteiger partial charge on any atom is -0.279 e. The van der Waals surface area contributed by atoms with Crippen LogP contribution in [0.25, 0.3) is 0 Å². The maximum atomic E-state index is 14.2. The lowest BCUT2D eigenvalue weighted by atomic mass is 10.2. The number of halogens is 4. The first kappa shape index (κ1) is 19.0. The monoisotopic (exact) mass is 409 g/mol. The van der Waals surface area contributed by atoms with Gasteiger partial charge in [0.1, 0.15) is 16.8 Å². The minimum absolute atomic E-state index is 0.116. The molecule has 0 saturated carbocycles. The standard InChI is InChI=1S/C15H11Cl3FNO3S/c1-9(15(18)21)20(13-5-3-2-4-12(13)19)24(22,23)14-8-10(16)6-7-11(14)17/h2-9H,1H3. The Kier molecular flexibility index (Phi) is 5.75. The molecular formula is C15H11Cl3FNO3S. The van der Waals surface area contributed by atoms with Gasteiger partial charge in [0.05, 0.1) is 10.7 Å². The van der Waals surface area contributed by atoms with Gasteiger partial charge in [-0.1, -0.05) is 35.3 Å². The SMILES string of the molecule is CC(C(=O)Cl)N(c1ccccc1F)S(=O)(=O)c1cc(Cl)ccc1Cl. The fourth-order valence-electron chi connectivity index (χ4n) is 2.05. The van der Waals surface area contributed by atoms with Crippen LogP contribution in [-0.2, 0) is 14.8 Å². The summed E-state index contributed by atoms with van der Waals surface area (Å²) in [5.41, 5.74) is -0.324. The summed E-state index contributed by atoms with van der Waals surface area (Å²) in [7, 11) is -4.40. The maximum absolute atomic E-state index is 14.2. The van der Waals surface area contributed by atoms with Gasteiger partial charge in [0.15, 0.2) is 0 Å². The Morgan fingerprint density at radius 2 is 1.79 bits per heavy atom.